The highest BCUT2D eigenvalue weighted by Crippen LogP contribution is 2.31. The summed E-state index contributed by atoms with van der Waals surface area (Å²) in [4.78, 5) is 28.6. The van der Waals surface area contributed by atoms with Crippen LogP contribution in [0.2, 0.25) is 0 Å². The van der Waals surface area contributed by atoms with Crippen LogP contribution in [0.25, 0.3) is 0 Å². The zero-order valence-electron chi connectivity index (χ0n) is 15.1. The first kappa shape index (κ1) is 18.1. The van der Waals surface area contributed by atoms with Crippen molar-refractivity contribution in [2.45, 2.75) is 65.4 Å². The molecule has 23 heavy (non-hydrogen) atoms. The zero-order valence-corrected chi connectivity index (χ0v) is 15.1. The Bertz CT molecular complexity index is 418. The van der Waals surface area contributed by atoms with E-state index < -0.39 is 5.60 Å². The number of nitrogens with zero attached hydrogens (tertiary/aromatic N) is 2. The van der Waals surface area contributed by atoms with Crippen molar-refractivity contribution in [2.75, 3.05) is 26.2 Å². The Labute approximate surface area is 140 Å². The van der Waals surface area contributed by atoms with Crippen LogP contribution in [0.3, 0.4) is 0 Å². The maximum absolute atomic E-state index is 12.7. The van der Waals surface area contributed by atoms with Crippen LogP contribution in [0.1, 0.15) is 59.8 Å². The van der Waals surface area contributed by atoms with Crippen LogP contribution < -0.4 is 0 Å². The lowest BCUT2D eigenvalue weighted by molar-refractivity contribution is -0.137. The molecule has 0 radical (unpaired) electrons. The molecule has 1 aliphatic carbocycles. The summed E-state index contributed by atoms with van der Waals surface area (Å²) in [6, 6.07) is 0. The third kappa shape index (κ3) is 5.70. The van der Waals surface area contributed by atoms with E-state index in [-0.39, 0.29) is 12.0 Å². The van der Waals surface area contributed by atoms with Gasteiger partial charge in [0.15, 0.2) is 0 Å². The number of amides is 2. The predicted molar refractivity (Wildman–Crippen MR) is 90.1 cm³/mol. The third-order valence-corrected chi connectivity index (χ3v) is 4.48. The Kier molecular flexibility index (Phi) is 5.93. The molecule has 1 saturated heterocycles. The number of likely N-dealkylation sites (tertiary alicyclic amines) is 1. The van der Waals surface area contributed by atoms with Crippen molar-refractivity contribution >= 4 is 12.0 Å². The Morgan fingerprint density at radius 1 is 1.13 bits per heavy atom. The zero-order chi connectivity index (χ0) is 17.0. The molecule has 1 heterocycles. The molecule has 2 aliphatic rings. The summed E-state index contributed by atoms with van der Waals surface area (Å²) in [5, 5.41) is 0. The van der Waals surface area contributed by atoms with E-state index in [1.165, 1.54) is 12.8 Å². The van der Waals surface area contributed by atoms with Crippen LogP contribution >= 0.6 is 0 Å². The molecule has 2 rings (SSSR count). The summed E-state index contributed by atoms with van der Waals surface area (Å²) in [6.07, 6.45) is 4.79. The summed E-state index contributed by atoms with van der Waals surface area (Å²) < 4.78 is 5.41. The molecule has 2 fully saturated rings. The highest BCUT2D eigenvalue weighted by molar-refractivity contribution is 5.79. The van der Waals surface area contributed by atoms with Crippen molar-refractivity contribution < 1.29 is 14.3 Å². The molecule has 0 bridgehead atoms. The lowest BCUT2D eigenvalue weighted by Crippen LogP contribution is -2.46. The molecular weight excluding hydrogens is 292 g/mol. The van der Waals surface area contributed by atoms with E-state index in [0.29, 0.717) is 19.0 Å². The number of piperidine rings is 1. The predicted octanol–water partition coefficient (Wildman–Crippen LogP) is 3.28. The van der Waals surface area contributed by atoms with Gasteiger partial charge in [0, 0.05) is 32.1 Å². The molecule has 0 atom stereocenters. The molecule has 132 valence electrons. The van der Waals surface area contributed by atoms with Gasteiger partial charge >= 0.3 is 6.09 Å². The van der Waals surface area contributed by atoms with Crippen LogP contribution in [-0.2, 0) is 9.53 Å². The number of rotatable bonds is 5. The number of carbonyl (C=O) groups excluding carboxylic acids is 2. The summed E-state index contributed by atoms with van der Waals surface area (Å²) in [6.45, 7) is 10.8. The van der Waals surface area contributed by atoms with Crippen molar-refractivity contribution in [1.29, 1.82) is 0 Å². The fraction of sp³-hybridized carbons (Fsp3) is 0.889. The summed E-state index contributed by atoms with van der Waals surface area (Å²) in [7, 11) is 0. The Morgan fingerprint density at radius 2 is 1.74 bits per heavy atom. The van der Waals surface area contributed by atoms with Crippen molar-refractivity contribution in [3.05, 3.63) is 0 Å². The molecule has 0 spiro atoms. The van der Waals surface area contributed by atoms with Crippen molar-refractivity contribution in [3.63, 3.8) is 0 Å². The van der Waals surface area contributed by atoms with E-state index >= 15 is 0 Å². The van der Waals surface area contributed by atoms with Crippen molar-refractivity contribution in [2.24, 2.45) is 11.8 Å². The van der Waals surface area contributed by atoms with Crippen LogP contribution in [0.15, 0.2) is 0 Å². The lowest BCUT2D eigenvalue weighted by Gasteiger charge is -2.35. The minimum Gasteiger partial charge on any atom is -0.444 e. The smallest absolute Gasteiger partial charge is 0.410 e. The van der Waals surface area contributed by atoms with Gasteiger partial charge in [-0.1, -0.05) is 6.92 Å². The van der Waals surface area contributed by atoms with Crippen LogP contribution in [0.5, 0.6) is 0 Å². The van der Waals surface area contributed by atoms with E-state index in [2.05, 4.69) is 11.8 Å². The monoisotopic (exact) mass is 324 g/mol. The van der Waals surface area contributed by atoms with Crippen molar-refractivity contribution in [1.82, 2.24) is 9.80 Å². The minimum atomic E-state index is -0.466. The number of ether oxygens (including phenoxy) is 1. The molecule has 1 aliphatic heterocycles. The average Bonchev–Trinajstić information content (AvgIpc) is 3.28. The minimum absolute atomic E-state index is 0.0685. The van der Waals surface area contributed by atoms with Gasteiger partial charge < -0.3 is 14.5 Å². The van der Waals surface area contributed by atoms with Gasteiger partial charge in [-0.3, -0.25) is 4.79 Å². The van der Waals surface area contributed by atoms with Gasteiger partial charge in [0.05, 0.1) is 0 Å². The average molecular weight is 324 g/mol. The quantitative estimate of drug-likeness (QED) is 0.780. The van der Waals surface area contributed by atoms with E-state index in [1.807, 2.05) is 20.8 Å². The fourth-order valence-electron chi connectivity index (χ4n) is 3.07. The molecule has 0 aromatic carbocycles. The Hall–Kier alpha value is -1.26. The molecule has 0 aromatic heterocycles. The molecular formula is C18H32N2O3. The van der Waals surface area contributed by atoms with Gasteiger partial charge in [-0.25, -0.2) is 4.79 Å². The van der Waals surface area contributed by atoms with Gasteiger partial charge in [0.25, 0.3) is 0 Å². The maximum Gasteiger partial charge on any atom is 0.410 e. The molecule has 0 unspecified atom stereocenters. The fourth-order valence-corrected chi connectivity index (χ4v) is 3.07. The summed E-state index contributed by atoms with van der Waals surface area (Å²) in [5.74, 6) is 1.09. The molecule has 0 aromatic rings. The van der Waals surface area contributed by atoms with Gasteiger partial charge in [0.1, 0.15) is 5.60 Å². The largest absolute Gasteiger partial charge is 0.444 e. The van der Waals surface area contributed by atoms with E-state index in [0.717, 1.165) is 38.3 Å². The van der Waals surface area contributed by atoms with Gasteiger partial charge in [0.2, 0.25) is 5.91 Å². The lowest BCUT2D eigenvalue weighted by atomic mass is 9.95. The molecule has 2 amide bonds. The second-order valence-corrected chi connectivity index (χ2v) is 7.97. The molecule has 0 N–H and O–H groups in total. The highest BCUT2D eigenvalue weighted by atomic mass is 16.6. The topological polar surface area (TPSA) is 49.9 Å². The standard InChI is InChI=1S/C18H32N2O3/c1-5-10-20(13-14-6-7-14)16(21)15-8-11-19(12-9-15)17(22)23-18(2,3)4/h14-15H,5-13H2,1-4H3. The summed E-state index contributed by atoms with van der Waals surface area (Å²) in [5.41, 5.74) is -0.466. The van der Waals surface area contributed by atoms with Gasteiger partial charge in [-0.05, 0) is 58.8 Å². The van der Waals surface area contributed by atoms with E-state index in [4.69, 9.17) is 4.74 Å². The number of hydrogen-bond donors (Lipinski definition) is 0. The second-order valence-electron chi connectivity index (χ2n) is 7.97. The van der Waals surface area contributed by atoms with Crippen LogP contribution in [-0.4, -0.2) is 53.6 Å². The van der Waals surface area contributed by atoms with Crippen molar-refractivity contribution in [3.8, 4) is 0 Å². The van der Waals surface area contributed by atoms with E-state index in [1.54, 1.807) is 4.90 Å². The first-order valence-electron chi connectivity index (χ1n) is 9.07. The summed E-state index contributed by atoms with van der Waals surface area (Å²) >= 11 is 0. The highest BCUT2D eigenvalue weighted by Gasteiger charge is 2.33. The second kappa shape index (κ2) is 7.54. The Balaban J connectivity index is 1.82. The van der Waals surface area contributed by atoms with Gasteiger partial charge in [-0.2, -0.15) is 0 Å². The van der Waals surface area contributed by atoms with Crippen LogP contribution in [0, 0.1) is 11.8 Å². The SMILES string of the molecule is CCCN(CC1CC1)C(=O)C1CCN(C(=O)OC(C)(C)C)CC1. The van der Waals surface area contributed by atoms with Gasteiger partial charge in [-0.15, -0.1) is 0 Å². The first-order chi connectivity index (χ1) is 10.8. The number of hydrogen-bond acceptors (Lipinski definition) is 3. The number of carbonyl (C=O) groups is 2. The Morgan fingerprint density at radius 3 is 2.22 bits per heavy atom. The third-order valence-electron chi connectivity index (χ3n) is 4.48. The molecule has 5 nitrogen and oxygen atoms in total. The molecule has 1 saturated carbocycles. The normalized spacial score (nSPS) is 19.6. The maximum atomic E-state index is 12.7. The molecule has 5 heteroatoms. The van der Waals surface area contributed by atoms with Crippen LogP contribution in [0.4, 0.5) is 4.79 Å². The first-order valence-corrected chi connectivity index (χ1v) is 9.07. The van der Waals surface area contributed by atoms with E-state index in [9.17, 15) is 9.59 Å².